The average Bonchev–Trinajstić information content (AvgIpc) is 2.49. The number of esters is 2. The predicted octanol–water partition coefficient (Wildman–Crippen LogP) is 2.16. The number of morpholine rings is 1. The fourth-order valence-electron chi connectivity index (χ4n) is 2.65. The maximum absolute atomic E-state index is 11.6. The van der Waals surface area contributed by atoms with Crippen LogP contribution in [0.1, 0.15) is 17.2 Å². The molecule has 1 heterocycles. The molecule has 21 heavy (non-hydrogen) atoms. The first-order valence-corrected chi connectivity index (χ1v) is 6.81. The molecule has 0 bridgehead atoms. The molecule has 0 aliphatic carbocycles. The van der Waals surface area contributed by atoms with Gasteiger partial charge in [-0.15, -0.1) is 0 Å². The summed E-state index contributed by atoms with van der Waals surface area (Å²) in [4.78, 5) is 25.0. The van der Waals surface area contributed by atoms with Crippen molar-refractivity contribution in [2.24, 2.45) is 0 Å². The predicted molar refractivity (Wildman–Crippen MR) is 77.4 cm³/mol. The zero-order valence-corrected chi connectivity index (χ0v) is 11.4. The van der Waals surface area contributed by atoms with Crippen LogP contribution in [0.4, 0.5) is 0 Å². The van der Waals surface area contributed by atoms with Gasteiger partial charge in [0.1, 0.15) is 0 Å². The molecule has 2 aromatic rings. The fraction of sp³-hybridized carbons (Fsp3) is 0.176. The zero-order valence-electron chi connectivity index (χ0n) is 11.4. The Balaban J connectivity index is 2.00. The van der Waals surface area contributed by atoms with Crippen molar-refractivity contribution in [2.75, 3.05) is 13.1 Å². The average molecular weight is 281 g/mol. The van der Waals surface area contributed by atoms with Crippen molar-refractivity contribution in [1.82, 2.24) is 4.90 Å². The molecule has 4 nitrogen and oxygen atoms in total. The fourth-order valence-corrected chi connectivity index (χ4v) is 2.65. The van der Waals surface area contributed by atoms with Gasteiger partial charge in [-0.2, -0.15) is 0 Å². The summed E-state index contributed by atoms with van der Waals surface area (Å²) < 4.78 is 4.62. The number of rotatable bonds is 3. The minimum Gasteiger partial charge on any atom is -0.391 e. The summed E-state index contributed by atoms with van der Waals surface area (Å²) in [6.07, 6.45) is 0. The van der Waals surface area contributed by atoms with Crippen LogP contribution in [0.2, 0.25) is 0 Å². The largest absolute Gasteiger partial charge is 0.391 e. The van der Waals surface area contributed by atoms with E-state index in [0.717, 1.165) is 11.1 Å². The Morgan fingerprint density at radius 3 is 1.62 bits per heavy atom. The van der Waals surface area contributed by atoms with Crippen molar-refractivity contribution in [3.63, 3.8) is 0 Å². The van der Waals surface area contributed by atoms with E-state index in [1.165, 1.54) is 0 Å². The first-order valence-electron chi connectivity index (χ1n) is 6.81. The normalized spacial score (nSPS) is 16.0. The summed E-state index contributed by atoms with van der Waals surface area (Å²) >= 11 is 0. The number of benzene rings is 2. The van der Waals surface area contributed by atoms with Crippen LogP contribution >= 0.6 is 0 Å². The van der Waals surface area contributed by atoms with E-state index >= 15 is 0 Å². The molecule has 106 valence electrons. The third-order valence-electron chi connectivity index (χ3n) is 3.49. The third-order valence-corrected chi connectivity index (χ3v) is 3.49. The van der Waals surface area contributed by atoms with Gasteiger partial charge in [-0.05, 0) is 11.1 Å². The molecule has 0 aromatic heterocycles. The number of hydrogen-bond acceptors (Lipinski definition) is 4. The van der Waals surface area contributed by atoms with E-state index in [1.807, 2.05) is 65.6 Å². The van der Waals surface area contributed by atoms with Crippen LogP contribution < -0.4 is 0 Å². The summed E-state index contributed by atoms with van der Waals surface area (Å²) in [6.45, 7) is 0.223. The summed E-state index contributed by atoms with van der Waals surface area (Å²) in [5.41, 5.74) is 2.09. The Bertz CT molecular complexity index is 584. The number of carbonyl (C=O) groups is 2. The lowest BCUT2D eigenvalue weighted by Gasteiger charge is -2.33. The Morgan fingerprint density at radius 2 is 1.19 bits per heavy atom. The van der Waals surface area contributed by atoms with E-state index in [0.29, 0.717) is 0 Å². The molecule has 3 rings (SSSR count). The Morgan fingerprint density at radius 1 is 0.762 bits per heavy atom. The van der Waals surface area contributed by atoms with Crippen LogP contribution in [0.3, 0.4) is 0 Å². The second-order valence-electron chi connectivity index (χ2n) is 4.97. The lowest BCUT2D eigenvalue weighted by atomic mass is 9.97. The van der Waals surface area contributed by atoms with Crippen molar-refractivity contribution >= 4 is 11.9 Å². The van der Waals surface area contributed by atoms with Gasteiger partial charge in [0.05, 0.1) is 19.1 Å². The molecule has 0 saturated carbocycles. The second-order valence-corrected chi connectivity index (χ2v) is 4.97. The minimum atomic E-state index is -0.497. The van der Waals surface area contributed by atoms with Crippen molar-refractivity contribution in [3.8, 4) is 0 Å². The van der Waals surface area contributed by atoms with Gasteiger partial charge in [0.2, 0.25) is 0 Å². The van der Waals surface area contributed by atoms with Gasteiger partial charge in [0, 0.05) is 0 Å². The molecule has 1 aliphatic heterocycles. The molecule has 1 aliphatic rings. The summed E-state index contributed by atoms with van der Waals surface area (Å²) in [5, 5.41) is 0. The molecule has 4 heteroatoms. The van der Waals surface area contributed by atoms with Gasteiger partial charge in [0.25, 0.3) is 0 Å². The highest BCUT2D eigenvalue weighted by Gasteiger charge is 2.31. The van der Waals surface area contributed by atoms with Crippen molar-refractivity contribution < 1.29 is 14.3 Å². The molecule has 2 aromatic carbocycles. The number of hydrogen-bond donors (Lipinski definition) is 0. The van der Waals surface area contributed by atoms with E-state index in [1.54, 1.807) is 0 Å². The zero-order chi connectivity index (χ0) is 14.7. The molecule has 0 radical (unpaired) electrons. The van der Waals surface area contributed by atoms with Gasteiger partial charge < -0.3 is 4.74 Å². The summed E-state index contributed by atoms with van der Waals surface area (Å²) in [6, 6.07) is 19.6. The molecule has 0 unspecified atom stereocenters. The number of nitrogens with zero attached hydrogens (tertiary/aromatic N) is 1. The SMILES string of the molecule is O=C1CN(C(c2ccccc2)c2ccccc2)CC(=O)O1. The maximum atomic E-state index is 11.6. The van der Waals surface area contributed by atoms with Crippen LogP contribution in [0, 0.1) is 0 Å². The molecular weight excluding hydrogens is 266 g/mol. The second kappa shape index (κ2) is 5.89. The molecule has 1 saturated heterocycles. The van der Waals surface area contributed by atoms with E-state index in [9.17, 15) is 9.59 Å². The van der Waals surface area contributed by atoms with Crippen LogP contribution in [0.5, 0.6) is 0 Å². The molecular formula is C17H15NO3. The van der Waals surface area contributed by atoms with Crippen LogP contribution in [-0.2, 0) is 14.3 Å². The van der Waals surface area contributed by atoms with Gasteiger partial charge in [-0.1, -0.05) is 60.7 Å². The van der Waals surface area contributed by atoms with Crippen LogP contribution in [0.15, 0.2) is 60.7 Å². The Labute approximate surface area is 123 Å². The third kappa shape index (κ3) is 3.01. The minimum absolute atomic E-state index is 0.111. The highest BCUT2D eigenvalue weighted by molar-refractivity contribution is 5.90. The van der Waals surface area contributed by atoms with E-state index in [-0.39, 0.29) is 19.1 Å². The number of cyclic esters (lactones) is 2. The quantitative estimate of drug-likeness (QED) is 0.639. The van der Waals surface area contributed by atoms with Crippen LogP contribution in [-0.4, -0.2) is 29.9 Å². The molecule has 0 N–H and O–H groups in total. The lowest BCUT2D eigenvalue weighted by Crippen LogP contribution is -2.45. The lowest BCUT2D eigenvalue weighted by molar-refractivity contribution is -0.167. The van der Waals surface area contributed by atoms with Crippen LogP contribution in [0.25, 0.3) is 0 Å². The van der Waals surface area contributed by atoms with Crippen molar-refractivity contribution in [1.29, 1.82) is 0 Å². The topological polar surface area (TPSA) is 46.6 Å². The van der Waals surface area contributed by atoms with Gasteiger partial charge in [-0.25, -0.2) is 0 Å². The number of ether oxygens (including phenoxy) is 1. The smallest absolute Gasteiger partial charge is 0.327 e. The Hall–Kier alpha value is -2.46. The maximum Gasteiger partial charge on any atom is 0.327 e. The molecule has 1 fully saturated rings. The van der Waals surface area contributed by atoms with E-state index in [2.05, 4.69) is 4.74 Å². The summed E-state index contributed by atoms with van der Waals surface area (Å²) in [7, 11) is 0. The highest BCUT2D eigenvalue weighted by atomic mass is 16.6. The monoisotopic (exact) mass is 281 g/mol. The van der Waals surface area contributed by atoms with E-state index in [4.69, 9.17) is 0 Å². The first kappa shape index (κ1) is 13.5. The van der Waals surface area contributed by atoms with Crippen molar-refractivity contribution in [3.05, 3.63) is 71.8 Å². The molecule has 0 amide bonds. The summed E-state index contributed by atoms with van der Waals surface area (Å²) in [5.74, 6) is -0.994. The number of carbonyl (C=O) groups excluding carboxylic acids is 2. The van der Waals surface area contributed by atoms with Crippen molar-refractivity contribution in [2.45, 2.75) is 6.04 Å². The first-order chi connectivity index (χ1) is 10.2. The van der Waals surface area contributed by atoms with Gasteiger partial charge in [-0.3, -0.25) is 14.5 Å². The van der Waals surface area contributed by atoms with E-state index < -0.39 is 11.9 Å². The highest BCUT2D eigenvalue weighted by Crippen LogP contribution is 2.29. The molecule has 0 atom stereocenters. The van der Waals surface area contributed by atoms with Gasteiger partial charge >= 0.3 is 11.9 Å². The van der Waals surface area contributed by atoms with Gasteiger partial charge in [0.15, 0.2) is 0 Å². The molecule has 0 spiro atoms. The standard InChI is InChI=1S/C17H15NO3/c19-15-11-18(12-16(20)21-15)17(13-7-3-1-4-8-13)14-9-5-2-6-10-14/h1-10,17H,11-12H2. The Kier molecular flexibility index (Phi) is 3.79.